The maximum Gasteiger partial charge on any atom is 0.425 e. The number of imide groups is 1. The number of carbonyl (C=O) groups excluding carboxylic acids is 2. The third-order valence-corrected chi connectivity index (χ3v) is 6.62. The van der Waals surface area contributed by atoms with Crippen molar-refractivity contribution in [1.29, 1.82) is 0 Å². The van der Waals surface area contributed by atoms with Crippen LogP contribution >= 0.6 is 0 Å². The van der Waals surface area contributed by atoms with Gasteiger partial charge in [-0.25, -0.2) is 26.1 Å². The van der Waals surface area contributed by atoms with Crippen LogP contribution in [0.5, 0.6) is 0 Å². The first-order chi connectivity index (χ1) is 18.7. The van der Waals surface area contributed by atoms with Gasteiger partial charge in [-0.3, -0.25) is 4.68 Å². The Hall–Kier alpha value is -3.52. The number of anilines is 1. The van der Waals surface area contributed by atoms with Gasteiger partial charge in [-0.05, 0) is 67.2 Å². The maximum atomic E-state index is 13.4. The van der Waals surface area contributed by atoms with Crippen LogP contribution in [0.3, 0.4) is 0 Å². The van der Waals surface area contributed by atoms with Crippen LogP contribution in [0, 0.1) is 12.5 Å². The van der Waals surface area contributed by atoms with Crippen LogP contribution in [-0.4, -0.2) is 62.9 Å². The number of aromatic nitrogens is 4. The molecule has 1 fully saturated rings. The molecule has 0 saturated heterocycles. The van der Waals surface area contributed by atoms with E-state index in [0.717, 1.165) is 30.6 Å². The molecule has 1 saturated carbocycles. The SMILES string of the molecule is [C-]#[N+]C[C@H](C1CCCC1)n1cc(-c2ncnc(N(C(=O)OC(C)(C)C)C(=O)OC(C)(C)C)c2CC(C)OC)cn1. The second-order valence-corrected chi connectivity index (χ2v) is 12.2. The van der Waals surface area contributed by atoms with E-state index in [1.165, 1.54) is 6.33 Å². The molecule has 0 bridgehead atoms. The van der Waals surface area contributed by atoms with Gasteiger partial charge in [-0.2, -0.15) is 10.00 Å². The zero-order valence-electron chi connectivity index (χ0n) is 24.9. The zero-order chi connectivity index (χ0) is 29.7. The lowest BCUT2D eigenvalue weighted by Gasteiger charge is -2.29. The van der Waals surface area contributed by atoms with E-state index >= 15 is 0 Å². The van der Waals surface area contributed by atoms with E-state index < -0.39 is 23.4 Å². The Balaban J connectivity index is 2.14. The number of hydrogen-bond acceptors (Lipinski definition) is 8. The van der Waals surface area contributed by atoms with E-state index in [0.29, 0.717) is 35.7 Å². The predicted molar refractivity (Wildman–Crippen MR) is 151 cm³/mol. The maximum absolute atomic E-state index is 13.4. The molecule has 0 spiro atoms. The molecule has 1 aliphatic carbocycles. The van der Waals surface area contributed by atoms with Gasteiger partial charge in [0, 0.05) is 30.9 Å². The van der Waals surface area contributed by atoms with Crippen LogP contribution < -0.4 is 4.90 Å². The highest BCUT2D eigenvalue weighted by atomic mass is 16.6. The number of nitrogens with zero attached hydrogens (tertiary/aromatic N) is 6. The van der Waals surface area contributed by atoms with E-state index in [9.17, 15) is 9.59 Å². The summed E-state index contributed by atoms with van der Waals surface area (Å²) < 4.78 is 18.6. The highest BCUT2D eigenvalue weighted by molar-refractivity contribution is 6.09. The first-order valence-corrected chi connectivity index (χ1v) is 13.7. The third kappa shape index (κ3) is 8.01. The zero-order valence-corrected chi connectivity index (χ0v) is 24.9. The fourth-order valence-electron chi connectivity index (χ4n) is 4.79. The van der Waals surface area contributed by atoms with Gasteiger partial charge in [0.05, 0.1) is 18.0 Å². The Labute approximate surface area is 237 Å². The van der Waals surface area contributed by atoms with Crippen molar-refractivity contribution in [2.75, 3.05) is 18.6 Å². The standard InChI is InChI=1S/C29H42N6O5/c1-19(38-9)14-22-24(21-15-33-34(17-21)23(16-30-8)20-12-10-11-13-20)31-18-32-25(22)35(26(36)39-28(2,3)4)27(37)40-29(5,6)7/h15,17-20,23H,10-14,16H2,1-7,9H3/t19?,23-/m1/s1. The van der Waals surface area contributed by atoms with Crippen molar-refractivity contribution in [3.63, 3.8) is 0 Å². The number of carbonyl (C=O) groups is 2. The molecule has 40 heavy (non-hydrogen) atoms. The van der Waals surface area contributed by atoms with Crippen molar-refractivity contribution in [3.05, 3.63) is 35.7 Å². The van der Waals surface area contributed by atoms with Crippen molar-refractivity contribution in [2.45, 2.75) is 104 Å². The van der Waals surface area contributed by atoms with Gasteiger partial charge >= 0.3 is 12.2 Å². The molecule has 2 aromatic rings. The molecule has 2 aromatic heterocycles. The molecule has 11 heteroatoms. The van der Waals surface area contributed by atoms with Crippen LogP contribution in [0.1, 0.15) is 85.8 Å². The van der Waals surface area contributed by atoms with E-state index in [1.807, 2.05) is 17.8 Å². The Bertz CT molecular complexity index is 1190. The van der Waals surface area contributed by atoms with Crippen molar-refractivity contribution >= 4 is 18.0 Å². The lowest BCUT2D eigenvalue weighted by atomic mass is 9.98. The minimum Gasteiger partial charge on any atom is -0.443 e. The Kier molecular flexibility index (Phi) is 9.90. The van der Waals surface area contributed by atoms with E-state index in [2.05, 4.69) is 19.9 Å². The Morgan fingerprint density at radius 2 is 1.70 bits per heavy atom. The molecule has 11 nitrogen and oxygen atoms in total. The van der Waals surface area contributed by atoms with Crippen molar-refractivity contribution < 1.29 is 23.8 Å². The first-order valence-electron chi connectivity index (χ1n) is 13.7. The quantitative estimate of drug-likeness (QED) is 0.352. The molecule has 2 heterocycles. The summed E-state index contributed by atoms with van der Waals surface area (Å²) in [7, 11) is 1.59. The van der Waals surface area contributed by atoms with Crippen LogP contribution in [0.4, 0.5) is 15.4 Å². The summed E-state index contributed by atoms with van der Waals surface area (Å²) in [6, 6.07) is -0.0311. The summed E-state index contributed by atoms with van der Waals surface area (Å²) >= 11 is 0. The fraction of sp³-hybridized carbons (Fsp3) is 0.655. The lowest BCUT2D eigenvalue weighted by Crippen LogP contribution is -2.44. The first kappa shape index (κ1) is 31.0. The minimum atomic E-state index is -0.910. The molecule has 218 valence electrons. The number of ether oxygens (including phenoxy) is 3. The Morgan fingerprint density at radius 3 is 2.23 bits per heavy atom. The molecule has 0 aliphatic heterocycles. The second kappa shape index (κ2) is 12.8. The molecule has 1 unspecified atom stereocenters. The van der Waals surface area contributed by atoms with Gasteiger partial charge in [0.2, 0.25) is 6.54 Å². The van der Waals surface area contributed by atoms with Crippen LogP contribution in [-0.2, 0) is 20.6 Å². The molecular formula is C29H42N6O5. The fourth-order valence-corrected chi connectivity index (χ4v) is 4.79. The molecule has 1 aliphatic rings. The van der Waals surface area contributed by atoms with Crippen molar-refractivity contribution in [3.8, 4) is 11.3 Å². The van der Waals surface area contributed by atoms with Gasteiger partial charge in [0.15, 0.2) is 5.82 Å². The summed E-state index contributed by atoms with van der Waals surface area (Å²) in [5.41, 5.74) is -0.0388. The van der Waals surface area contributed by atoms with Crippen LogP contribution in [0.15, 0.2) is 18.7 Å². The summed E-state index contributed by atoms with van der Waals surface area (Å²) in [6.07, 6.45) is 7.54. The highest BCUT2D eigenvalue weighted by Crippen LogP contribution is 2.36. The number of hydrogen-bond donors (Lipinski definition) is 0. The van der Waals surface area contributed by atoms with E-state index in [4.69, 9.17) is 20.8 Å². The molecular weight excluding hydrogens is 512 g/mol. The molecule has 0 aromatic carbocycles. The van der Waals surface area contributed by atoms with E-state index in [-0.39, 0.29) is 18.0 Å². The lowest BCUT2D eigenvalue weighted by molar-refractivity contribution is 0.0427. The van der Waals surface area contributed by atoms with Gasteiger partial charge in [-0.15, -0.1) is 0 Å². The van der Waals surface area contributed by atoms with Crippen LogP contribution in [0.2, 0.25) is 0 Å². The summed E-state index contributed by atoms with van der Waals surface area (Å²) in [5.74, 6) is 0.448. The molecule has 0 radical (unpaired) electrons. The molecule has 2 atom stereocenters. The topological polar surface area (TPSA) is 113 Å². The molecule has 3 rings (SSSR count). The number of methoxy groups -OCH3 is 1. The number of rotatable bonds is 8. The Morgan fingerprint density at radius 1 is 1.10 bits per heavy atom. The van der Waals surface area contributed by atoms with Gasteiger partial charge in [-0.1, -0.05) is 12.8 Å². The largest absolute Gasteiger partial charge is 0.443 e. The summed E-state index contributed by atoms with van der Waals surface area (Å²) in [5, 5.41) is 4.62. The number of amides is 2. The minimum absolute atomic E-state index is 0.0311. The summed E-state index contributed by atoms with van der Waals surface area (Å²) in [6.45, 7) is 20.0. The smallest absolute Gasteiger partial charge is 0.425 e. The van der Waals surface area contributed by atoms with Gasteiger partial charge in [0.1, 0.15) is 23.6 Å². The monoisotopic (exact) mass is 554 g/mol. The third-order valence-electron chi connectivity index (χ3n) is 6.62. The van der Waals surface area contributed by atoms with Gasteiger partial charge < -0.3 is 19.1 Å². The predicted octanol–water partition coefficient (Wildman–Crippen LogP) is 6.24. The van der Waals surface area contributed by atoms with E-state index in [1.54, 1.807) is 54.8 Å². The van der Waals surface area contributed by atoms with Crippen molar-refractivity contribution in [2.24, 2.45) is 5.92 Å². The average molecular weight is 555 g/mol. The normalized spacial score (nSPS) is 15.8. The summed E-state index contributed by atoms with van der Waals surface area (Å²) in [4.78, 5) is 40.3. The van der Waals surface area contributed by atoms with Gasteiger partial charge in [0.25, 0.3) is 0 Å². The second-order valence-electron chi connectivity index (χ2n) is 12.2. The van der Waals surface area contributed by atoms with Crippen LogP contribution in [0.25, 0.3) is 16.1 Å². The van der Waals surface area contributed by atoms with Crippen molar-refractivity contribution in [1.82, 2.24) is 19.7 Å². The highest BCUT2D eigenvalue weighted by Gasteiger charge is 2.37. The average Bonchev–Trinajstić information content (AvgIpc) is 3.54. The molecule has 2 amide bonds. The molecule has 0 N–H and O–H groups in total.